The first-order valence-corrected chi connectivity index (χ1v) is 14.7. The average Bonchev–Trinajstić information content (AvgIpc) is 3.59. The standard InChI is InChI=1S/C34H38N4O6.Fe/c1-15-21(7-9-31(41)42)27-14-28-22(8-10-32(43)44)16(2)24(36-28)12-29-34(20(6)40)18(4)26(38-29)13-30-33(19(5)39)17(3)25(37-30)11-23(15)35-27;/h11-14,19-20,37-40H,7-10H2,1-6H3,(H,41,42)(H,43,44);. The number of hydrogen-bond acceptors (Lipinski definition) is 6. The van der Waals surface area contributed by atoms with E-state index in [4.69, 9.17) is 9.97 Å². The molecule has 45 heavy (non-hydrogen) atoms. The van der Waals surface area contributed by atoms with E-state index in [1.807, 2.05) is 52.0 Å². The predicted octanol–water partition coefficient (Wildman–Crippen LogP) is 6.63. The second-order valence-electron chi connectivity index (χ2n) is 11.7. The zero-order valence-corrected chi connectivity index (χ0v) is 27.3. The molecule has 0 fully saturated rings. The fraction of sp³-hybridized carbons (Fsp3) is 0.353. The zero-order valence-electron chi connectivity index (χ0n) is 26.1. The Morgan fingerprint density at radius 2 is 1.02 bits per heavy atom. The zero-order chi connectivity index (χ0) is 32.0. The summed E-state index contributed by atoms with van der Waals surface area (Å²) in [7, 11) is 0. The van der Waals surface area contributed by atoms with Gasteiger partial charge in [-0.25, -0.2) is 9.97 Å². The number of allylic oxidation sites excluding steroid dienone is 4. The first-order chi connectivity index (χ1) is 20.8. The van der Waals surface area contributed by atoms with Gasteiger partial charge in [0.25, 0.3) is 0 Å². The second kappa shape index (κ2) is 13.1. The number of hydrogen-bond donors (Lipinski definition) is 6. The molecule has 10 nitrogen and oxygen atoms in total. The van der Waals surface area contributed by atoms with Crippen molar-refractivity contribution in [1.29, 1.82) is 0 Å². The summed E-state index contributed by atoms with van der Waals surface area (Å²) < 4.78 is 0. The fourth-order valence-corrected chi connectivity index (χ4v) is 6.32. The van der Waals surface area contributed by atoms with Crippen LogP contribution < -0.4 is 0 Å². The summed E-state index contributed by atoms with van der Waals surface area (Å²) in [6, 6.07) is 7.51. The molecule has 238 valence electrons. The number of aliphatic hydroxyl groups excluding tert-OH is 2. The molecular formula is C34H38FeN4O6. The number of rotatable bonds is 8. The second-order valence-corrected chi connectivity index (χ2v) is 11.7. The van der Waals surface area contributed by atoms with E-state index in [2.05, 4.69) is 9.97 Å². The Morgan fingerprint density at radius 3 is 1.42 bits per heavy atom. The third-order valence-electron chi connectivity index (χ3n) is 8.65. The summed E-state index contributed by atoms with van der Waals surface area (Å²) in [5.41, 5.74) is 11.7. The number of nitrogens with one attached hydrogen (secondary N) is 2. The van der Waals surface area contributed by atoms with Gasteiger partial charge in [-0.3, -0.25) is 9.59 Å². The first-order valence-electron chi connectivity index (χ1n) is 14.7. The predicted molar refractivity (Wildman–Crippen MR) is 170 cm³/mol. The third-order valence-corrected chi connectivity index (χ3v) is 8.65. The molecule has 5 heterocycles. The average molecular weight is 655 g/mol. The quantitative estimate of drug-likeness (QED) is 0.147. The van der Waals surface area contributed by atoms with Crippen LogP contribution in [0.1, 0.15) is 111 Å². The van der Waals surface area contributed by atoms with Crippen molar-refractivity contribution in [2.24, 2.45) is 0 Å². The van der Waals surface area contributed by atoms with Gasteiger partial charge in [-0.1, -0.05) is 0 Å². The van der Waals surface area contributed by atoms with Gasteiger partial charge in [-0.2, -0.15) is 0 Å². The molecule has 0 aromatic carbocycles. The van der Waals surface area contributed by atoms with E-state index < -0.39 is 24.1 Å². The summed E-state index contributed by atoms with van der Waals surface area (Å²) in [4.78, 5) is 39.8. The Balaban J connectivity index is 0.00000461. The number of aliphatic carboxylic acids is 2. The van der Waals surface area contributed by atoms with Crippen molar-refractivity contribution >= 4 is 56.3 Å². The molecule has 0 saturated carbocycles. The maximum absolute atomic E-state index is 11.6. The smallest absolute Gasteiger partial charge is 0.303 e. The molecule has 3 aromatic heterocycles. The molecule has 3 aromatic rings. The molecule has 8 bridgehead atoms. The number of carboxylic acids is 2. The van der Waals surface area contributed by atoms with Gasteiger partial charge in [0.15, 0.2) is 0 Å². The van der Waals surface area contributed by atoms with Gasteiger partial charge < -0.3 is 30.4 Å². The van der Waals surface area contributed by atoms with Gasteiger partial charge in [0, 0.05) is 63.1 Å². The van der Waals surface area contributed by atoms with E-state index in [9.17, 15) is 30.0 Å². The van der Waals surface area contributed by atoms with Gasteiger partial charge in [0.1, 0.15) is 0 Å². The number of aromatic amines is 2. The molecule has 0 amide bonds. The molecule has 2 aliphatic heterocycles. The Labute approximate surface area is 271 Å². The van der Waals surface area contributed by atoms with Crippen LogP contribution in [0, 0.1) is 13.8 Å². The molecule has 0 spiro atoms. The van der Waals surface area contributed by atoms with Crippen molar-refractivity contribution in [2.75, 3.05) is 0 Å². The monoisotopic (exact) mass is 654 g/mol. The number of nitrogens with zero attached hydrogens (tertiary/aromatic N) is 2. The van der Waals surface area contributed by atoms with Crippen molar-refractivity contribution in [3.8, 4) is 0 Å². The van der Waals surface area contributed by atoms with Crippen LogP contribution in [0.5, 0.6) is 0 Å². The summed E-state index contributed by atoms with van der Waals surface area (Å²) >= 11 is 0. The Hall–Kier alpha value is -4.02. The number of aliphatic hydroxyl groups is 2. The number of H-pyrrole nitrogens is 2. The van der Waals surface area contributed by atoms with Crippen LogP contribution in [-0.4, -0.2) is 52.3 Å². The van der Waals surface area contributed by atoms with Crippen LogP contribution in [-0.2, 0) is 26.7 Å². The van der Waals surface area contributed by atoms with Crippen LogP contribution >= 0.6 is 0 Å². The SMILES string of the molecule is CC1=C(CCC(=O)O)c2cc3nc(cc4[nH]c(cc5[nH]c(cc1n2)c(C)c5C(C)O)c(C)c4C(C)O)C(C)=C3CCC(=O)O.[Fe]. The number of aromatic nitrogens is 4. The van der Waals surface area contributed by atoms with Crippen LogP contribution in [0.4, 0.5) is 0 Å². The van der Waals surface area contributed by atoms with Gasteiger partial charge in [0.05, 0.1) is 35.0 Å². The largest absolute Gasteiger partial charge is 0.481 e. The van der Waals surface area contributed by atoms with Crippen molar-refractivity contribution in [1.82, 2.24) is 19.9 Å². The summed E-state index contributed by atoms with van der Waals surface area (Å²) in [6.45, 7) is 11.1. The van der Waals surface area contributed by atoms with Crippen molar-refractivity contribution < 1.29 is 47.1 Å². The fourth-order valence-electron chi connectivity index (χ4n) is 6.32. The van der Waals surface area contributed by atoms with Gasteiger partial charge in [-0.05, 0) is 112 Å². The van der Waals surface area contributed by atoms with Crippen LogP contribution in [0.25, 0.3) is 44.4 Å². The topological polar surface area (TPSA) is 172 Å². The molecule has 2 atom stereocenters. The van der Waals surface area contributed by atoms with Crippen molar-refractivity contribution in [2.45, 2.75) is 79.4 Å². The molecule has 0 saturated heterocycles. The molecular weight excluding hydrogens is 616 g/mol. The minimum absolute atomic E-state index is 0. The van der Waals surface area contributed by atoms with Gasteiger partial charge in [-0.15, -0.1) is 0 Å². The number of aryl methyl sites for hydroxylation is 2. The van der Waals surface area contributed by atoms with Crippen LogP contribution in [0.2, 0.25) is 0 Å². The minimum atomic E-state index is -0.921. The van der Waals surface area contributed by atoms with E-state index in [-0.39, 0.29) is 42.8 Å². The molecule has 6 N–H and O–H groups in total. The molecule has 0 aliphatic carbocycles. The molecule has 5 rings (SSSR count). The van der Waals surface area contributed by atoms with E-state index in [1.54, 1.807) is 13.8 Å². The number of fused-ring (bicyclic) bond motifs is 8. The van der Waals surface area contributed by atoms with Crippen molar-refractivity contribution in [3.63, 3.8) is 0 Å². The van der Waals surface area contributed by atoms with E-state index >= 15 is 0 Å². The summed E-state index contributed by atoms with van der Waals surface area (Å²) in [5, 5.41) is 40.5. The van der Waals surface area contributed by atoms with Crippen LogP contribution in [0.15, 0.2) is 24.3 Å². The van der Waals surface area contributed by atoms with Gasteiger partial charge in [0.2, 0.25) is 0 Å². The summed E-state index contributed by atoms with van der Waals surface area (Å²) in [6.07, 6.45) is -1.18. The number of carboxylic acid groups (broad SMARTS) is 2. The normalized spacial score (nSPS) is 14.4. The Morgan fingerprint density at radius 1 is 0.644 bits per heavy atom. The van der Waals surface area contributed by atoms with E-state index in [1.165, 1.54) is 0 Å². The Kier molecular flexibility index (Phi) is 9.89. The molecule has 0 radical (unpaired) electrons. The van der Waals surface area contributed by atoms with E-state index in [0.29, 0.717) is 39.4 Å². The summed E-state index contributed by atoms with van der Waals surface area (Å²) in [5.74, 6) is -1.84. The molecule has 2 aliphatic rings. The maximum Gasteiger partial charge on any atom is 0.303 e. The minimum Gasteiger partial charge on any atom is -0.481 e. The van der Waals surface area contributed by atoms with Crippen LogP contribution in [0.3, 0.4) is 0 Å². The van der Waals surface area contributed by atoms with Crippen molar-refractivity contribution in [3.05, 3.63) is 69.3 Å². The first kappa shape index (κ1) is 33.9. The Bertz CT molecular complexity index is 1930. The number of carbonyl (C=O) groups is 2. The van der Waals surface area contributed by atoms with Gasteiger partial charge >= 0.3 is 11.9 Å². The molecule has 2 unspecified atom stereocenters. The van der Waals surface area contributed by atoms with E-state index in [0.717, 1.165) is 50.0 Å². The molecule has 11 heteroatoms. The third kappa shape index (κ3) is 6.53. The maximum atomic E-state index is 11.6.